The fourth-order valence-electron chi connectivity index (χ4n) is 4.51. The van der Waals surface area contributed by atoms with Crippen molar-refractivity contribution >= 4 is 34.8 Å². The number of rotatable bonds is 10. The maximum atomic E-state index is 13.2. The Morgan fingerprint density at radius 3 is 2.67 bits per heavy atom. The number of allylic oxidation sites excluding steroid dienone is 1. The third-order valence-corrected chi connectivity index (χ3v) is 6.40. The molecule has 9 heteroatoms. The Morgan fingerprint density at radius 1 is 1.05 bits per heavy atom. The van der Waals surface area contributed by atoms with Crippen LogP contribution < -0.4 is 14.8 Å². The van der Waals surface area contributed by atoms with Crippen molar-refractivity contribution in [3.05, 3.63) is 102 Å². The minimum atomic E-state index is -0.786. The molecule has 1 fully saturated rings. The molecule has 4 amide bonds. The van der Waals surface area contributed by atoms with Crippen molar-refractivity contribution < 1.29 is 28.3 Å². The van der Waals surface area contributed by atoms with E-state index in [1.165, 1.54) is 12.3 Å². The number of fused-ring (bicyclic) bond motifs is 1. The number of barbiturate groups is 1. The van der Waals surface area contributed by atoms with Crippen LogP contribution in [-0.2, 0) is 29.1 Å². The molecule has 1 aliphatic heterocycles. The number of imide groups is 2. The van der Waals surface area contributed by atoms with Crippen LogP contribution >= 0.6 is 0 Å². The van der Waals surface area contributed by atoms with Crippen molar-refractivity contribution in [2.45, 2.75) is 19.5 Å². The highest BCUT2D eigenvalue weighted by Gasteiger charge is 2.36. The number of urea groups is 1. The summed E-state index contributed by atoms with van der Waals surface area (Å²) in [7, 11) is 1.60. The Labute approximate surface area is 224 Å². The monoisotopic (exact) mass is 525 g/mol. The van der Waals surface area contributed by atoms with E-state index in [0.29, 0.717) is 36.0 Å². The number of methoxy groups -OCH3 is 1. The highest BCUT2D eigenvalue weighted by molar-refractivity contribution is 6.31. The normalized spacial score (nSPS) is 14.6. The van der Waals surface area contributed by atoms with Gasteiger partial charge >= 0.3 is 6.03 Å². The molecule has 4 aromatic rings. The number of benzene rings is 2. The molecule has 9 nitrogen and oxygen atoms in total. The van der Waals surface area contributed by atoms with Gasteiger partial charge in [-0.05, 0) is 48.4 Å². The third kappa shape index (κ3) is 5.33. The molecule has 198 valence electrons. The van der Waals surface area contributed by atoms with Gasteiger partial charge in [-0.3, -0.25) is 19.8 Å². The van der Waals surface area contributed by atoms with Crippen molar-refractivity contribution in [1.82, 2.24) is 14.8 Å². The second-order valence-corrected chi connectivity index (χ2v) is 8.91. The van der Waals surface area contributed by atoms with Crippen LogP contribution in [0.2, 0.25) is 0 Å². The highest BCUT2D eigenvalue weighted by atomic mass is 16.5. The van der Waals surface area contributed by atoms with Crippen molar-refractivity contribution in [3.63, 3.8) is 0 Å². The predicted octanol–water partition coefficient (Wildman–Crippen LogP) is 4.71. The van der Waals surface area contributed by atoms with Crippen molar-refractivity contribution in [2.24, 2.45) is 0 Å². The molecule has 0 unspecified atom stereocenters. The van der Waals surface area contributed by atoms with Crippen molar-refractivity contribution in [3.8, 4) is 11.5 Å². The van der Waals surface area contributed by atoms with Crippen LogP contribution in [-0.4, -0.2) is 41.0 Å². The number of carbonyl (C=O) groups excluding carboxylic acids is 3. The van der Waals surface area contributed by atoms with E-state index in [1.807, 2.05) is 59.3 Å². The van der Waals surface area contributed by atoms with Crippen molar-refractivity contribution in [2.75, 3.05) is 13.7 Å². The van der Waals surface area contributed by atoms with Crippen LogP contribution in [0.5, 0.6) is 11.5 Å². The Hall–Kier alpha value is -5.05. The second-order valence-electron chi connectivity index (χ2n) is 8.91. The molecule has 2 aromatic heterocycles. The second kappa shape index (κ2) is 11.1. The summed E-state index contributed by atoms with van der Waals surface area (Å²) in [6.45, 7) is 4.55. The van der Waals surface area contributed by atoms with E-state index in [9.17, 15) is 14.4 Å². The maximum Gasteiger partial charge on any atom is 0.331 e. The first kappa shape index (κ1) is 25.6. The van der Waals surface area contributed by atoms with E-state index in [2.05, 4.69) is 11.9 Å². The number of nitrogens with one attached hydrogen (secondary N) is 1. The van der Waals surface area contributed by atoms with E-state index in [-0.39, 0.29) is 12.1 Å². The summed E-state index contributed by atoms with van der Waals surface area (Å²) in [5.74, 6) is 0.276. The lowest BCUT2D eigenvalue weighted by Gasteiger charge is -2.25. The van der Waals surface area contributed by atoms with Crippen molar-refractivity contribution in [1.29, 1.82) is 0 Å². The van der Waals surface area contributed by atoms with Crippen LogP contribution in [0.4, 0.5) is 4.79 Å². The van der Waals surface area contributed by atoms with Crippen LogP contribution in [0.25, 0.3) is 17.0 Å². The number of carbonyl (C=O) groups is 3. The number of hydrogen-bond acceptors (Lipinski definition) is 6. The number of hydrogen-bond donors (Lipinski definition) is 1. The fourth-order valence-corrected chi connectivity index (χ4v) is 4.51. The summed E-state index contributed by atoms with van der Waals surface area (Å²) in [6, 6.07) is 16.0. The van der Waals surface area contributed by atoms with E-state index in [0.717, 1.165) is 27.8 Å². The first-order valence-electron chi connectivity index (χ1n) is 12.4. The van der Waals surface area contributed by atoms with E-state index in [4.69, 9.17) is 13.9 Å². The minimum Gasteiger partial charge on any atom is -0.493 e. The maximum absolute atomic E-state index is 13.2. The number of para-hydroxylation sites is 1. The summed E-state index contributed by atoms with van der Waals surface area (Å²) < 4.78 is 18.8. The Balaban J connectivity index is 1.38. The highest BCUT2D eigenvalue weighted by Crippen LogP contribution is 2.29. The first-order chi connectivity index (χ1) is 19.0. The molecular formula is C30H27N3O6. The molecule has 39 heavy (non-hydrogen) atoms. The molecule has 2 aromatic carbocycles. The van der Waals surface area contributed by atoms with Gasteiger partial charge in [-0.25, -0.2) is 4.79 Å². The number of ether oxygens (including phenoxy) is 2. The first-order valence-corrected chi connectivity index (χ1v) is 12.4. The van der Waals surface area contributed by atoms with Gasteiger partial charge in [0, 0.05) is 22.7 Å². The number of nitrogens with zero attached hydrogens (tertiary/aromatic N) is 2. The van der Waals surface area contributed by atoms with Crippen LogP contribution in [0.3, 0.4) is 0 Å². The summed E-state index contributed by atoms with van der Waals surface area (Å²) in [5, 5.41) is 3.10. The molecule has 1 saturated heterocycles. The lowest BCUT2D eigenvalue weighted by molar-refractivity contribution is -0.130. The molecule has 3 heterocycles. The van der Waals surface area contributed by atoms with Gasteiger partial charge in [0.2, 0.25) is 0 Å². The van der Waals surface area contributed by atoms with Crippen LogP contribution in [0.1, 0.15) is 16.9 Å². The number of aromatic nitrogens is 1. The zero-order valence-electron chi connectivity index (χ0n) is 21.4. The van der Waals surface area contributed by atoms with Crippen LogP contribution in [0.15, 0.2) is 89.7 Å². The van der Waals surface area contributed by atoms with Gasteiger partial charge in [0.05, 0.1) is 26.5 Å². The molecule has 0 saturated carbocycles. The van der Waals surface area contributed by atoms with E-state index in [1.54, 1.807) is 19.2 Å². The Bertz CT molecular complexity index is 1580. The molecule has 5 rings (SSSR count). The fraction of sp³-hybridized carbons (Fsp3) is 0.167. The average Bonchev–Trinajstić information content (AvgIpc) is 3.58. The van der Waals surface area contributed by atoms with Gasteiger partial charge in [-0.15, -0.1) is 6.58 Å². The van der Waals surface area contributed by atoms with Gasteiger partial charge in [-0.2, -0.15) is 0 Å². The summed E-state index contributed by atoms with van der Waals surface area (Å²) in [5.41, 5.74) is 2.52. The molecule has 0 atom stereocenters. The molecule has 0 radical (unpaired) electrons. The SMILES string of the molecule is C=CCc1ccc(OCCn2cc(/C=C3\C(=O)NC(=O)N(Cc4ccco4)C3=O)c3ccccc32)c(OC)c1. The molecule has 0 aliphatic carbocycles. The van der Waals surface area contributed by atoms with Gasteiger partial charge in [0.1, 0.15) is 17.9 Å². The van der Waals surface area contributed by atoms with Gasteiger partial charge < -0.3 is 18.5 Å². The lowest BCUT2D eigenvalue weighted by Crippen LogP contribution is -2.53. The molecule has 0 bridgehead atoms. The topological polar surface area (TPSA) is 103 Å². The summed E-state index contributed by atoms with van der Waals surface area (Å²) in [4.78, 5) is 39.1. The number of furan rings is 1. The van der Waals surface area contributed by atoms with Gasteiger partial charge in [0.25, 0.3) is 11.8 Å². The smallest absolute Gasteiger partial charge is 0.331 e. The van der Waals surface area contributed by atoms with Crippen LogP contribution in [0, 0.1) is 0 Å². The molecule has 0 spiro atoms. The zero-order chi connectivity index (χ0) is 27.4. The van der Waals surface area contributed by atoms with Gasteiger partial charge in [-0.1, -0.05) is 30.3 Å². The Kier molecular flexibility index (Phi) is 7.31. The Morgan fingerprint density at radius 2 is 1.90 bits per heavy atom. The number of amides is 4. The summed E-state index contributed by atoms with van der Waals surface area (Å²) in [6.07, 6.45) is 7.40. The van der Waals surface area contributed by atoms with Gasteiger partial charge in [0.15, 0.2) is 11.5 Å². The van der Waals surface area contributed by atoms with E-state index < -0.39 is 17.8 Å². The molecule has 1 N–H and O–H groups in total. The minimum absolute atomic E-state index is 0.0839. The molecular weight excluding hydrogens is 498 g/mol. The molecule has 1 aliphatic rings. The summed E-state index contributed by atoms with van der Waals surface area (Å²) >= 11 is 0. The standard InChI is InChI=1S/C30H27N3O6/c1-3-7-20-11-12-26(27(16-20)37-2)39-15-13-32-18-21(23-9-4-5-10-25(23)32)17-24-28(34)31-30(36)33(29(24)35)19-22-8-6-14-38-22/h3-6,8-12,14,16-18H,1,7,13,15,19H2,2H3,(H,31,34,36)/b24-17+. The average molecular weight is 526 g/mol. The third-order valence-electron chi connectivity index (χ3n) is 6.40. The lowest BCUT2D eigenvalue weighted by atomic mass is 10.1. The van der Waals surface area contributed by atoms with E-state index >= 15 is 0 Å². The zero-order valence-corrected chi connectivity index (χ0v) is 21.4. The largest absolute Gasteiger partial charge is 0.493 e. The quantitative estimate of drug-likeness (QED) is 0.183. The predicted molar refractivity (Wildman–Crippen MR) is 145 cm³/mol.